The van der Waals surface area contributed by atoms with Crippen molar-refractivity contribution in [2.45, 2.75) is 25.9 Å². The van der Waals surface area contributed by atoms with E-state index in [9.17, 15) is 0 Å². The fourth-order valence-electron chi connectivity index (χ4n) is 0. The molecule has 0 radical (unpaired) electrons. The van der Waals surface area contributed by atoms with E-state index in [1.165, 1.54) is 0 Å². The van der Waals surface area contributed by atoms with Gasteiger partial charge in [0.25, 0.3) is 0 Å². The molecule has 1 unspecified atom stereocenters. The monoisotopic (exact) mass is 126 g/mol. The summed E-state index contributed by atoms with van der Waals surface area (Å²) in [5.74, 6) is 0. The van der Waals surface area contributed by atoms with Crippen molar-refractivity contribution < 1.29 is 0 Å². The predicted molar refractivity (Wildman–Crippen MR) is 36.7 cm³/mol. The lowest BCUT2D eigenvalue weighted by Gasteiger charge is -2.05. The Morgan fingerprint density at radius 2 is 1.17 bits per heavy atom. The summed E-state index contributed by atoms with van der Waals surface area (Å²) in [5.41, 5.74) is 0. The second-order valence-corrected chi connectivity index (χ2v) is 4.10. The zero-order valence-corrected chi connectivity index (χ0v) is 6.46. The van der Waals surface area contributed by atoms with Gasteiger partial charge in [-0.2, -0.15) is 0 Å². The molecule has 0 amide bonds. The van der Waals surface area contributed by atoms with Crippen LogP contribution in [0.2, 0.25) is 0 Å². The van der Waals surface area contributed by atoms with E-state index in [2.05, 4.69) is 30.0 Å². The van der Waals surface area contributed by atoms with Crippen LogP contribution in [0.4, 0.5) is 0 Å². The Morgan fingerprint density at radius 1 is 1.17 bits per heavy atom. The fraction of sp³-hybridized carbons (Fsp3) is 1.00. The molecule has 0 aromatic heterocycles. The standard InChI is InChI=1S/C4H11P.ClH/c1-4(2,3)5;/h5H2,1-3H3;1H. The van der Waals surface area contributed by atoms with Crippen molar-refractivity contribution in [3.8, 4) is 0 Å². The van der Waals surface area contributed by atoms with Gasteiger partial charge in [-0.3, -0.25) is 0 Å². The van der Waals surface area contributed by atoms with E-state index in [4.69, 9.17) is 0 Å². The number of rotatable bonds is 0. The largest absolute Gasteiger partial charge is 0.147 e. The van der Waals surface area contributed by atoms with E-state index < -0.39 is 0 Å². The summed E-state index contributed by atoms with van der Waals surface area (Å²) < 4.78 is 0. The molecule has 0 nitrogen and oxygen atoms in total. The molecule has 0 spiro atoms. The average Bonchev–Trinajstić information content (AvgIpc) is 0.722. The molecular formula is C4H12ClP. The smallest absolute Gasteiger partial charge is 0.0235 e. The number of hydrogen-bond acceptors (Lipinski definition) is 0. The van der Waals surface area contributed by atoms with E-state index in [0.29, 0.717) is 5.16 Å². The Balaban J connectivity index is 0. The highest BCUT2D eigenvalue weighted by Gasteiger charge is 1.95. The van der Waals surface area contributed by atoms with Gasteiger partial charge in [0.2, 0.25) is 0 Å². The van der Waals surface area contributed by atoms with Crippen LogP contribution in [-0.2, 0) is 0 Å². The normalized spacial score (nSPS) is 10.0. The van der Waals surface area contributed by atoms with Crippen LogP contribution in [0.15, 0.2) is 0 Å². The highest BCUT2D eigenvalue weighted by Crippen LogP contribution is 2.12. The van der Waals surface area contributed by atoms with Gasteiger partial charge in [0.1, 0.15) is 0 Å². The minimum Gasteiger partial charge on any atom is -0.147 e. The Kier molecular flexibility index (Phi) is 4.64. The molecule has 0 aromatic carbocycles. The van der Waals surface area contributed by atoms with Crippen LogP contribution in [0.3, 0.4) is 0 Å². The highest BCUT2D eigenvalue weighted by atomic mass is 35.5. The minimum atomic E-state index is 0. The van der Waals surface area contributed by atoms with Crippen LogP contribution in [0.1, 0.15) is 20.8 Å². The molecule has 0 heterocycles. The summed E-state index contributed by atoms with van der Waals surface area (Å²) in [7, 11) is 2.72. The van der Waals surface area contributed by atoms with Crippen LogP contribution in [0, 0.1) is 0 Å². The average molecular weight is 127 g/mol. The van der Waals surface area contributed by atoms with Crippen LogP contribution >= 0.6 is 21.6 Å². The van der Waals surface area contributed by atoms with Crippen molar-refractivity contribution in [1.29, 1.82) is 0 Å². The summed E-state index contributed by atoms with van der Waals surface area (Å²) in [4.78, 5) is 0. The van der Waals surface area contributed by atoms with Gasteiger partial charge in [-0.1, -0.05) is 20.8 Å². The first-order chi connectivity index (χ1) is 2.00. The lowest BCUT2D eigenvalue weighted by Crippen LogP contribution is -1.97. The maximum Gasteiger partial charge on any atom is -0.0235 e. The van der Waals surface area contributed by atoms with E-state index in [-0.39, 0.29) is 12.4 Å². The first-order valence-corrected chi connectivity index (χ1v) is 2.37. The van der Waals surface area contributed by atoms with Crippen molar-refractivity contribution >= 4 is 21.6 Å². The number of hydrogen-bond donors (Lipinski definition) is 0. The van der Waals surface area contributed by atoms with Gasteiger partial charge in [0.15, 0.2) is 0 Å². The molecule has 0 bridgehead atoms. The Morgan fingerprint density at radius 3 is 1.17 bits per heavy atom. The van der Waals surface area contributed by atoms with Gasteiger partial charge in [-0.15, -0.1) is 21.6 Å². The van der Waals surface area contributed by atoms with Gasteiger partial charge >= 0.3 is 0 Å². The summed E-state index contributed by atoms with van der Waals surface area (Å²) >= 11 is 0. The zero-order valence-electron chi connectivity index (χ0n) is 4.49. The maximum absolute atomic E-state index is 2.72. The van der Waals surface area contributed by atoms with Crippen molar-refractivity contribution in [3.63, 3.8) is 0 Å². The van der Waals surface area contributed by atoms with Crippen LogP contribution < -0.4 is 0 Å². The van der Waals surface area contributed by atoms with Crippen molar-refractivity contribution in [1.82, 2.24) is 0 Å². The van der Waals surface area contributed by atoms with E-state index >= 15 is 0 Å². The predicted octanol–water partition coefficient (Wildman–Crippen LogP) is 2.08. The van der Waals surface area contributed by atoms with Gasteiger partial charge in [0.05, 0.1) is 0 Å². The quantitative estimate of drug-likeness (QED) is 0.436. The third-order valence-corrected chi connectivity index (χ3v) is 0. The molecule has 40 valence electrons. The fourth-order valence-corrected chi connectivity index (χ4v) is 0. The second-order valence-electron chi connectivity index (χ2n) is 2.37. The molecule has 0 fully saturated rings. The van der Waals surface area contributed by atoms with E-state index in [0.717, 1.165) is 0 Å². The third-order valence-electron chi connectivity index (χ3n) is 0. The molecule has 0 rings (SSSR count). The van der Waals surface area contributed by atoms with Crippen molar-refractivity contribution in [2.24, 2.45) is 0 Å². The molecule has 0 aliphatic rings. The molecule has 0 aliphatic carbocycles. The van der Waals surface area contributed by atoms with E-state index in [1.807, 2.05) is 0 Å². The SMILES string of the molecule is CC(C)(C)P.Cl. The van der Waals surface area contributed by atoms with Gasteiger partial charge in [-0.05, 0) is 5.16 Å². The molecule has 1 atom stereocenters. The molecular weight excluding hydrogens is 114 g/mol. The van der Waals surface area contributed by atoms with Gasteiger partial charge in [0, 0.05) is 0 Å². The van der Waals surface area contributed by atoms with Gasteiger partial charge < -0.3 is 0 Å². The van der Waals surface area contributed by atoms with E-state index in [1.54, 1.807) is 0 Å². The first-order valence-electron chi connectivity index (χ1n) is 1.79. The molecule has 0 N–H and O–H groups in total. The summed E-state index contributed by atoms with van der Waals surface area (Å²) in [5, 5.41) is 0.417. The minimum absolute atomic E-state index is 0. The third kappa shape index (κ3) is 126. The molecule has 0 saturated heterocycles. The molecule has 6 heavy (non-hydrogen) atoms. The van der Waals surface area contributed by atoms with Crippen LogP contribution in [0.25, 0.3) is 0 Å². The van der Waals surface area contributed by atoms with Crippen molar-refractivity contribution in [3.05, 3.63) is 0 Å². The van der Waals surface area contributed by atoms with Gasteiger partial charge in [-0.25, -0.2) is 0 Å². The van der Waals surface area contributed by atoms with Crippen molar-refractivity contribution in [2.75, 3.05) is 0 Å². The lowest BCUT2D eigenvalue weighted by molar-refractivity contribution is 0.804. The highest BCUT2D eigenvalue weighted by molar-refractivity contribution is 7.18. The Bertz CT molecular complexity index is 23.0. The maximum atomic E-state index is 2.72. The molecule has 0 saturated carbocycles. The summed E-state index contributed by atoms with van der Waals surface area (Å²) in [6.45, 7) is 6.45. The number of halogens is 1. The summed E-state index contributed by atoms with van der Waals surface area (Å²) in [6.07, 6.45) is 0. The molecule has 0 aromatic rings. The Hall–Kier alpha value is 0.720. The summed E-state index contributed by atoms with van der Waals surface area (Å²) in [6, 6.07) is 0. The molecule has 2 heteroatoms. The lowest BCUT2D eigenvalue weighted by atomic mass is 10.3. The Labute approximate surface area is 48.3 Å². The second kappa shape index (κ2) is 2.82. The topological polar surface area (TPSA) is 0 Å². The van der Waals surface area contributed by atoms with Crippen LogP contribution in [-0.4, -0.2) is 5.16 Å². The van der Waals surface area contributed by atoms with Crippen LogP contribution in [0.5, 0.6) is 0 Å². The first kappa shape index (κ1) is 9.87. The zero-order chi connectivity index (χ0) is 4.50. The molecule has 0 aliphatic heterocycles.